The standard InChI is InChI=1S/C21H20N6/c1-2-6-17(7-3-1)27-18(8-11-25-27)14-26-12-9-19-20(24-15-23-19)21(26)16-5-4-10-22-13-16/h1-8,10-11,13,15,21H,9,12,14H2,(H,23,24). The van der Waals surface area contributed by atoms with Crippen LogP contribution in [0.5, 0.6) is 0 Å². The van der Waals surface area contributed by atoms with Crippen molar-refractivity contribution in [3.8, 4) is 5.69 Å². The van der Waals surface area contributed by atoms with E-state index in [0.29, 0.717) is 0 Å². The van der Waals surface area contributed by atoms with Crippen LogP contribution in [0.4, 0.5) is 0 Å². The van der Waals surface area contributed by atoms with E-state index in [9.17, 15) is 0 Å². The van der Waals surface area contributed by atoms with Gasteiger partial charge in [0.05, 0.1) is 29.4 Å². The van der Waals surface area contributed by atoms with Gasteiger partial charge in [0.1, 0.15) is 0 Å². The van der Waals surface area contributed by atoms with Gasteiger partial charge in [0.25, 0.3) is 0 Å². The van der Waals surface area contributed by atoms with Gasteiger partial charge in [-0.2, -0.15) is 5.10 Å². The molecule has 1 aromatic carbocycles. The fourth-order valence-corrected chi connectivity index (χ4v) is 3.86. The minimum absolute atomic E-state index is 0.0906. The molecule has 134 valence electrons. The van der Waals surface area contributed by atoms with Crippen LogP contribution in [0.3, 0.4) is 0 Å². The highest BCUT2D eigenvalue weighted by Crippen LogP contribution is 2.34. The fraction of sp³-hybridized carbons (Fsp3) is 0.190. The lowest BCUT2D eigenvalue weighted by Crippen LogP contribution is -2.36. The van der Waals surface area contributed by atoms with Crippen molar-refractivity contribution in [1.29, 1.82) is 0 Å². The lowest BCUT2D eigenvalue weighted by atomic mass is 9.96. The summed E-state index contributed by atoms with van der Waals surface area (Å²) in [6.07, 6.45) is 8.38. The van der Waals surface area contributed by atoms with Gasteiger partial charge >= 0.3 is 0 Å². The van der Waals surface area contributed by atoms with E-state index in [2.05, 4.69) is 49.2 Å². The second-order valence-electron chi connectivity index (χ2n) is 6.75. The molecule has 0 spiro atoms. The SMILES string of the molecule is c1ccc(-n2nccc2CN2CCc3[nH]cnc3C2c2cccnc2)cc1. The van der Waals surface area contributed by atoms with Crippen molar-refractivity contribution in [3.05, 3.63) is 96.1 Å². The third-order valence-electron chi connectivity index (χ3n) is 5.11. The van der Waals surface area contributed by atoms with Gasteiger partial charge in [-0.3, -0.25) is 9.88 Å². The van der Waals surface area contributed by atoms with E-state index in [1.54, 1.807) is 6.33 Å². The summed E-state index contributed by atoms with van der Waals surface area (Å²) in [5.74, 6) is 0. The second kappa shape index (κ2) is 6.81. The Morgan fingerprint density at radius 2 is 1.96 bits per heavy atom. The number of para-hydroxylation sites is 1. The molecule has 0 radical (unpaired) electrons. The van der Waals surface area contributed by atoms with Crippen LogP contribution in [0, 0.1) is 0 Å². The van der Waals surface area contributed by atoms with E-state index < -0.39 is 0 Å². The van der Waals surface area contributed by atoms with Crippen LogP contribution in [0.25, 0.3) is 5.69 Å². The number of aromatic amines is 1. The summed E-state index contributed by atoms with van der Waals surface area (Å²) in [7, 11) is 0. The number of benzene rings is 1. The summed E-state index contributed by atoms with van der Waals surface area (Å²) >= 11 is 0. The fourth-order valence-electron chi connectivity index (χ4n) is 3.86. The predicted molar refractivity (Wildman–Crippen MR) is 102 cm³/mol. The molecule has 1 aliphatic rings. The molecular weight excluding hydrogens is 336 g/mol. The quantitative estimate of drug-likeness (QED) is 0.610. The highest BCUT2D eigenvalue weighted by Gasteiger charge is 2.31. The third kappa shape index (κ3) is 2.94. The molecule has 0 fully saturated rings. The Kier molecular flexibility index (Phi) is 4.03. The van der Waals surface area contributed by atoms with Gasteiger partial charge in [0.15, 0.2) is 0 Å². The van der Waals surface area contributed by atoms with Gasteiger partial charge in [-0.05, 0) is 29.8 Å². The maximum absolute atomic E-state index is 4.63. The Morgan fingerprint density at radius 3 is 2.81 bits per heavy atom. The Hall–Kier alpha value is -3.25. The van der Waals surface area contributed by atoms with Gasteiger partial charge in [0.2, 0.25) is 0 Å². The van der Waals surface area contributed by atoms with Crippen molar-refractivity contribution in [1.82, 2.24) is 29.6 Å². The molecule has 5 rings (SSSR count). The largest absolute Gasteiger partial charge is 0.348 e. The number of H-pyrrole nitrogens is 1. The van der Waals surface area contributed by atoms with Crippen molar-refractivity contribution in [3.63, 3.8) is 0 Å². The second-order valence-corrected chi connectivity index (χ2v) is 6.75. The molecule has 1 N–H and O–H groups in total. The molecule has 3 aromatic heterocycles. The van der Waals surface area contributed by atoms with Crippen molar-refractivity contribution in [2.75, 3.05) is 6.54 Å². The zero-order valence-electron chi connectivity index (χ0n) is 14.9. The molecule has 1 atom stereocenters. The van der Waals surface area contributed by atoms with Crippen LogP contribution >= 0.6 is 0 Å². The zero-order valence-corrected chi connectivity index (χ0v) is 14.9. The molecule has 0 saturated carbocycles. The zero-order chi connectivity index (χ0) is 18.1. The highest BCUT2D eigenvalue weighted by atomic mass is 15.3. The van der Waals surface area contributed by atoms with Gasteiger partial charge in [-0.1, -0.05) is 24.3 Å². The number of hydrogen-bond donors (Lipinski definition) is 1. The number of nitrogens with zero attached hydrogens (tertiary/aromatic N) is 5. The lowest BCUT2D eigenvalue weighted by Gasteiger charge is -2.35. The number of imidazole rings is 1. The molecular formula is C21H20N6. The van der Waals surface area contributed by atoms with E-state index in [1.807, 2.05) is 47.5 Å². The molecule has 6 nitrogen and oxygen atoms in total. The van der Waals surface area contributed by atoms with Gasteiger partial charge in [0, 0.05) is 43.8 Å². The first-order valence-corrected chi connectivity index (χ1v) is 9.14. The minimum atomic E-state index is 0.0906. The Labute approximate surface area is 157 Å². The van der Waals surface area contributed by atoms with Crippen molar-refractivity contribution < 1.29 is 0 Å². The average molecular weight is 356 g/mol. The molecule has 4 heterocycles. The van der Waals surface area contributed by atoms with Crippen molar-refractivity contribution in [2.24, 2.45) is 0 Å². The smallest absolute Gasteiger partial charge is 0.0926 e. The van der Waals surface area contributed by atoms with Crippen LogP contribution in [-0.2, 0) is 13.0 Å². The minimum Gasteiger partial charge on any atom is -0.348 e. The summed E-state index contributed by atoms with van der Waals surface area (Å²) in [4.78, 5) is 14.7. The number of pyridine rings is 1. The monoisotopic (exact) mass is 356 g/mol. The van der Waals surface area contributed by atoms with Crippen LogP contribution in [0.2, 0.25) is 0 Å². The molecule has 0 aliphatic carbocycles. The summed E-state index contributed by atoms with van der Waals surface area (Å²) in [6, 6.07) is 16.6. The maximum Gasteiger partial charge on any atom is 0.0926 e. The average Bonchev–Trinajstić information content (AvgIpc) is 3.38. The normalized spacial score (nSPS) is 17.0. The van der Waals surface area contributed by atoms with Crippen LogP contribution in [0.1, 0.15) is 28.7 Å². The summed E-state index contributed by atoms with van der Waals surface area (Å²) in [6.45, 7) is 1.75. The molecule has 0 saturated heterocycles. The Balaban J connectivity index is 1.51. The first kappa shape index (κ1) is 16.0. The Bertz CT molecular complexity index is 1020. The van der Waals surface area contributed by atoms with Gasteiger partial charge in [-0.25, -0.2) is 9.67 Å². The van der Waals surface area contributed by atoms with Crippen LogP contribution < -0.4 is 0 Å². The number of rotatable bonds is 4. The maximum atomic E-state index is 4.63. The number of hydrogen-bond acceptors (Lipinski definition) is 4. The number of aromatic nitrogens is 5. The van der Waals surface area contributed by atoms with E-state index in [4.69, 9.17) is 0 Å². The first-order valence-electron chi connectivity index (χ1n) is 9.14. The molecule has 1 unspecified atom stereocenters. The molecule has 27 heavy (non-hydrogen) atoms. The highest BCUT2D eigenvalue weighted by molar-refractivity contribution is 5.34. The molecule has 1 aliphatic heterocycles. The number of nitrogens with one attached hydrogen (secondary N) is 1. The van der Waals surface area contributed by atoms with Gasteiger partial charge < -0.3 is 4.98 Å². The molecule has 0 bridgehead atoms. The molecule has 0 amide bonds. The van der Waals surface area contributed by atoms with Crippen molar-refractivity contribution >= 4 is 0 Å². The third-order valence-corrected chi connectivity index (χ3v) is 5.11. The van der Waals surface area contributed by atoms with E-state index in [0.717, 1.165) is 42.1 Å². The summed E-state index contributed by atoms with van der Waals surface area (Å²) in [5, 5.41) is 4.54. The van der Waals surface area contributed by atoms with Crippen LogP contribution in [0.15, 0.2) is 73.4 Å². The topological polar surface area (TPSA) is 62.6 Å². The van der Waals surface area contributed by atoms with E-state index >= 15 is 0 Å². The lowest BCUT2D eigenvalue weighted by molar-refractivity contribution is 0.196. The predicted octanol–water partition coefficient (Wildman–Crippen LogP) is 3.14. The first-order chi connectivity index (χ1) is 13.4. The molecule has 4 aromatic rings. The van der Waals surface area contributed by atoms with Crippen LogP contribution in [-0.4, -0.2) is 36.2 Å². The Morgan fingerprint density at radius 1 is 1.04 bits per heavy atom. The number of fused-ring (bicyclic) bond motifs is 1. The van der Waals surface area contributed by atoms with Crippen molar-refractivity contribution in [2.45, 2.75) is 19.0 Å². The summed E-state index contributed by atoms with van der Waals surface area (Å²) < 4.78 is 2.01. The molecule has 6 heteroatoms. The van der Waals surface area contributed by atoms with E-state index in [1.165, 1.54) is 5.69 Å². The van der Waals surface area contributed by atoms with E-state index in [-0.39, 0.29) is 6.04 Å². The van der Waals surface area contributed by atoms with Gasteiger partial charge in [-0.15, -0.1) is 0 Å². The summed E-state index contributed by atoms with van der Waals surface area (Å²) in [5.41, 5.74) is 5.72.